The third kappa shape index (κ3) is 2.23. The standard InChI is InChI=1S/C6H4F4N2O2S/c7-2-1-12-4(6(9)10)3(8)5(2)15(11,13)14/h1,6H,(H2,11,13,14). The van der Waals surface area contributed by atoms with E-state index < -0.39 is 38.7 Å². The van der Waals surface area contributed by atoms with Crippen molar-refractivity contribution in [2.24, 2.45) is 5.14 Å². The topological polar surface area (TPSA) is 73.1 Å². The zero-order chi connectivity index (χ0) is 11.8. The van der Waals surface area contributed by atoms with Crippen LogP contribution in [0.5, 0.6) is 0 Å². The quantitative estimate of drug-likeness (QED) is 0.787. The first-order chi connectivity index (χ1) is 6.75. The van der Waals surface area contributed by atoms with E-state index in [0.717, 1.165) is 0 Å². The monoisotopic (exact) mass is 244 g/mol. The lowest BCUT2D eigenvalue weighted by Crippen LogP contribution is -2.18. The Morgan fingerprint density at radius 2 is 1.87 bits per heavy atom. The Kier molecular flexibility index (Phi) is 2.95. The van der Waals surface area contributed by atoms with Crippen LogP contribution in [0.25, 0.3) is 0 Å². The number of nitrogens with zero attached hydrogens (tertiary/aromatic N) is 1. The van der Waals surface area contributed by atoms with Crippen LogP contribution in [0.3, 0.4) is 0 Å². The van der Waals surface area contributed by atoms with Crippen LogP contribution in [0, 0.1) is 11.6 Å². The molecule has 0 spiro atoms. The number of hydrogen-bond acceptors (Lipinski definition) is 3. The number of aromatic nitrogens is 1. The van der Waals surface area contributed by atoms with Crippen LogP contribution in [0.1, 0.15) is 12.1 Å². The molecular formula is C6H4F4N2O2S. The number of pyridine rings is 1. The second-order valence-electron chi connectivity index (χ2n) is 2.48. The van der Waals surface area contributed by atoms with Crippen molar-refractivity contribution in [1.29, 1.82) is 0 Å². The normalized spacial score (nSPS) is 12.1. The molecule has 0 saturated carbocycles. The van der Waals surface area contributed by atoms with Gasteiger partial charge in [0.25, 0.3) is 6.43 Å². The van der Waals surface area contributed by atoms with Crippen molar-refractivity contribution in [3.63, 3.8) is 0 Å². The smallest absolute Gasteiger partial charge is 0.249 e. The van der Waals surface area contributed by atoms with E-state index in [1.54, 1.807) is 0 Å². The summed E-state index contributed by atoms with van der Waals surface area (Å²) in [4.78, 5) is 1.13. The molecule has 0 atom stereocenters. The molecule has 4 nitrogen and oxygen atoms in total. The highest BCUT2D eigenvalue weighted by Crippen LogP contribution is 2.25. The van der Waals surface area contributed by atoms with Crippen molar-refractivity contribution in [1.82, 2.24) is 4.98 Å². The molecule has 84 valence electrons. The molecule has 1 heterocycles. The average Bonchev–Trinajstić information content (AvgIpc) is 2.00. The maximum atomic E-state index is 13.0. The van der Waals surface area contributed by atoms with E-state index in [-0.39, 0.29) is 6.20 Å². The van der Waals surface area contributed by atoms with E-state index in [9.17, 15) is 26.0 Å². The lowest BCUT2D eigenvalue weighted by molar-refractivity contribution is 0.139. The molecule has 0 aliphatic rings. The Bertz CT molecular complexity index is 488. The van der Waals surface area contributed by atoms with Crippen LogP contribution < -0.4 is 5.14 Å². The van der Waals surface area contributed by atoms with Gasteiger partial charge >= 0.3 is 0 Å². The molecule has 0 amide bonds. The first-order valence-electron chi connectivity index (χ1n) is 3.40. The molecular weight excluding hydrogens is 240 g/mol. The fourth-order valence-electron chi connectivity index (χ4n) is 0.876. The third-order valence-electron chi connectivity index (χ3n) is 1.45. The summed E-state index contributed by atoms with van der Waals surface area (Å²) in [5, 5.41) is 4.45. The summed E-state index contributed by atoms with van der Waals surface area (Å²) in [5.41, 5.74) is -1.46. The Balaban J connectivity index is 3.59. The maximum Gasteiger partial charge on any atom is 0.283 e. The van der Waals surface area contributed by atoms with Gasteiger partial charge in [-0.25, -0.2) is 36.1 Å². The molecule has 0 bridgehead atoms. The highest BCUT2D eigenvalue weighted by molar-refractivity contribution is 7.89. The molecule has 0 aliphatic heterocycles. The minimum absolute atomic E-state index is 0.171. The minimum Gasteiger partial charge on any atom is -0.249 e. The van der Waals surface area contributed by atoms with Gasteiger partial charge in [0, 0.05) is 0 Å². The highest BCUT2D eigenvalue weighted by atomic mass is 32.2. The molecule has 15 heavy (non-hydrogen) atoms. The summed E-state index contributed by atoms with van der Waals surface area (Å²) >= 11 is 0. The van der Waals surface area contributed by atoms with Crippen molar-refractivity contribution in [3.8, 4) is 0 Å². The van der Waals surface area contributed by atoms with Gasteiger partial charge in [0.1, 0.15) is 5.69 Å². The van der Waals surface area contributed by atoms with E-state index in [2.05, 4.69) is 10.1 Å². The van der Waals surface area contributed by atoms with Crippen molar-refractivity contribution in [2.75, 3.05) is 0 Å². The largest absolute Gasteiger partial charge is 0.283 e. The van der Waals surface area contributed by atoms with E-state index in [0.29, 0.717) is 0 Å². The number of primary sulfonamides is 1. The van der Waals surface area contributed by atoms with Gasteiger partial charge in [0.2, 0.25) is 10.0 Å². The van der Waals surface area contributed by atoms with Crippen molar-refractivity contribution >= 4 is 10.0 Å². The van der Waals surface area contributed by atoms with Crippen LogP contribution in [0.2, 0.25) is 0 Å². The summed E-state index contributed by atoms with van der Waals surface area (Å²) in [5.74, 6) is -3.58. The molecule has 2 N–H and O–H groups in total. The average molecular weight is 244 g/mol. The van der Waals surface area contributed by atoms with Crippen molar-refractivity contribution in [3.05, 3.63) is 23.5 Å². The molecule has 0 radical (unpaired) electrons. The second kappa shape index (κ2) is 3.74. The van der Waals surface area contributed by atoms with Crippen LogP contribution in [-0.4, -0.2) is 13.4 Å². The fraction of sp³-hybridized carbons (Fsp3) is 0.167. The fourth-order valence-corrected chi connectivity index (χ4v) is 1.55. The summed E-state index contributed by atoms with van der Waals surface area (Å²) in [6.07, 6.45) is -3.18. The lowest BCUT2D eigenvalue weighted by Gasteiger charge is -2.05. The van der Waals surface area contributed by atoms with E-state index >= 15 is 0 Å². The van der Waals surface area contributed by atoms with Gasteiger partial charge in [-0.2, -0.15) is 0 Å². The van der Waals surface area contributed by atoms with Crippen LogP contribution in [-0.2, 0) is 10.0 Å². The van der Waals surface area contributed by atoms with Crippen molar-refractivity contribution < 1.29 is 26.0 Å². The molecule has 1 aromatic heterocycles. The summed E-state index contributed by atoms with van der Waals surface area (Å²) < 4.78 is 71.3. The Morgan fingerprint density at radius 1 is 1.33 bits per heavy atom. The summed E-state index contributed by atoms with van der Waals surface area (Å²) in [7, 11) is -4.74. The number of sulfonamides is 1. The van der Waals surface area contributed by atoms with Crippen molar-refractivity contribution in [2.45, 2.75) is 11.3 Å². The molecule has 0 aromatic carbocycles. The molecule has 0 fully saturated rings. The van der Waals surface area contributed by atoms with E-state index in [1.165, 1.54) is 0 Å². The van der Waals surface area contributed by atoms with Gasteiger partial charge in [-0.1, -0.05) is 0 Å². The zero-order valence-corrected chi connectivity index (χ0v) is 7.73. The molecule has 0 unspecified atom stereocenters. The van der Waals surface area contributed by atoms with Gasteiger partial charge in [-0.3, -0.25) is 0 Å². The highest BCUT2D eigenvalue weighted by Gasteiger charge is 2.27. The molecule has 9 heteroatoms. The van der Waals surface area contributed by atoms with Gasteiger partial charge < -0.3 is 0 Å². The number of rotatable bonds is 2. The predicted molar refractivity (Wildman–Crippen MR) is 40.5 cm³/mol. The Hall–Kier alpha value is -1.22. The third-order valence-corrected chi connectivity index (χ3v) is 2.39. The molecule has 0 saturated heterocycles. The number of nitrogens with two attached hydrogens (primary N) is 1. The minimum atomic E-state index is -4.74. The first-order valence-corrected chi connectivity index (χ1v) is 4.94. The van der Waals surface area contributed by atoms with Gasteiger partial charge in [0.05, 0.1) is 6.20 Å². The molecule has 1 aromatic rings. The van der Waals surface area contributed by atoms with Crippen LogP contribution in [0.4, 0.5) is 17.6 Å². The van der Waals surface area contributed by atoms with Crippen LogP contribution in [0.15, 0.2) is 11.1 Å². The zero-order valence-electron chi connectivity index (χ0n) is 6.92. The second-order valence-corrected chi connectivity index (χ2v) is 3.98. The number of hydrogen-bond donors (Lipinski definition) is 1. The Labute approximate surface area is 81.8 Å². The van der Waals surface area contributed by atoms with E-state index in [1.807, 2.05) is 0 Å². The van der Waals surface area contributed by atoms with Crippen LogP contribution >= 0.6 is 0 Å². The Morgan fingerprint density at radius 3 is 2.27 bits per heavy atom. The first kappa shape index (κ1) is 11.9. The lowest BCUT2D eigenvalue weighted by atomic mass is 10.3. The number of halogens is 4. The SMILES string of the molecule is NS(=O)(=O)c1c(F)cnc(C(F)F)c1F. The summed E-state index contributed by atoms with van der Waals surface area (Å²) in [6, 6.07) is 0. The van der Waals surface area contributed by atoms with E-state index in [4.69, 9.17) is 0 Å². The van der Waals surface area contributed by atoms with Gasteiger partial charge in [-0.15, -0.1) is 0 Å². The number of alkyl halides is 2. The maximum absolute atomic E-state index is 13.0. The molecule has 1 rings (SSSR count). The summed E-state index contributed by atoms with van der Waals surface area (Å²) in [6.45, 7) is 0. The van der Waals surface area contributed by atoms with Gasteiger partial charge in [0.15, 0.2) is 16.5 Å². The predicted octanol–water partition coefficient (Wildman–Crippen LogP) is 0.945. The molecule has 0 aliphatic carbocycles. The van der Waals surface area contributed by atoms with Gasteiger partial charge in [-0.05, 0) is 0 Å².